The molecule has 0 spiro atoms. The molecule has 3 aliphatic rings. The van der Waals surface area contributed by atoms with Gasteiger partial charge in [-0.15, -0.1) is 0 Å². The molecule has 6 rings (SSSR count). The summed E-state index contributed by atoms with van der Waals surface area (Å²) in [6.45, 7) is -4.55. The van der Waals surface area contributed by atoms with E-state index in [-0.39, 0.29) is 17.5 Å². The fraction of sp³-hybridized carbons (Fsp3) is 0.194. The third kappa shape index (κ3) is 5.92. The maximum atomic E-state index is 12.9. The second-order valence-corrected chi connectivity index (χ2v) is 11.2. The van der Waals surface area contributed by atoms with Gasteiger partial charge in [-0.2, -0.15) is 17.6 Å². The van der Waals surface area contributed by atoms with E-state index in [1.165, 1.54) is 23.9 Å². The molecule has 3 aromatic carbocycles. The first kappa shape index (κ1) is 28.4. The van der Waals surface area contributed by atoms with E-state index in [0.29, 0.717) is 18.1 Å². The quantitative estimate of drug-likeness (QED) is 0.251. The van der Waals surface area contributed by atoms with Gasteiger partial charge in [-0.05, 0) is 77.4 Å². The summed E-state index contributed by atoms with van der Waals surface area (Å²) in [5.41, 5.74) is 6.49. The Hall–Kier alpha value is -3.73. The molecule has 5 nitrogen and oxygen atoms in total. The van der Waals surface area contributed by atoms with Crippen molar-refractivity contribution in [2.24, 2.45) is 4.99 Å². The van der Waals surface area contributed by atoms with Gasteiger partial charge in [0.05, 0.1) is 17.4 Å². The van der Waals surface area contributed by atoms with Crippen LogP contribution in [0, 0.1) is 0 Å². The number of fused-ring (bicyclic) bond motifs is 1. The molecule has 3 aromatic rings. The number of thioether (sulfide) groups is 1. The van der Waals surface area contributed by atoms with Crippen LogP contribution in [0.25, 0.3) is 11.8 Å². The van der Waals surface area contributed by atoms with Crippen molar-refractivity contribution >= 4 is 40.3 Å². The fourth-order valence-corrected chi connectivity index (χ4v) is 6.38. The Morgan fingerprint density at radius 2 is 1.50 bits per heavy atom. The van der Waals surface area contributed by atoms with Crippen LogP contribution in [-0.2, 0) is 0 Å². The van der Waals surface area contributed by atoms with Crippen molar-refractivity contribution in [3.8, 4) is 11.5 Å². The zero-order valence-electron chi connectivity index (χ0n) is 22.2. The molecule has 0 aliphatic carbocycles. The lowest BCUT2D eigenvalue weighted by Gasteiger charge is -2.42. The molecule has 0 fully saturated rings. The van der Waals surface area contributed by atoms with Gasteiger partial charge in [0.25, 0.3) is 0 Å². The van der Waals surface area contributed by atoms with Gasteiger partial charge >= 0.3 is 13.2 Å². The molecule has 0 unspecified atom stereocenters. The van der Waals surface area contributed by atoms with Crippen LogP contribution in [0.1, 0.15) is 22.7 Å². The van der Waals surface area contributed by atoms with Gasteiger partial charge in [0.15, 0.2) is 5.17 Å². The van der Waals surface area contributed by atoms with Crippen molar-refractivity contribution in [1.29, 1.82) is 0 Å². The van der Waals surface area contributed by atoms with Gasteiger partial charge in [0.2, 0.25) is 0 Å². The standard InChI is InChI=1S/C31H24ClF4N3O2S/c1-38-15-21(14-18-2-10-23(11-3-18)40-29(33)34)27-25(16-38)28(20-6-12-24(13-7-20)41-30(35)36)39-26(17-42-31(39)37-27)19-4-8-22(32)9-5-19/h2-14,17,28-30H,15-16H2,1H3/b21-14+/t28-/m1/s1. The number of aliphatic imine (C=N–C) groups is 1. The zero-order valence-corrected chi connectivity index (χ0v) is 23.8. The Morgan fingerprint density at radius 1 is 0.881 bits per heavy atom. The average molecular weight is 614 g/mol. The number of benzene rings is 3. The van der Waals surface area contributed by atoms with Crippen LogP contribution < -0.4 is 9.47 Å². The molecule has 42 heavy (non-hydrogen) atoms. The third-order valence-electron chi connectivity index (χ3n) is 7.03. The maximum Gasteiger partial charge on any atom is 0.387 e. The predicted octanol–water partition coefficient (Wildman–Crippen LogP) is 8.28. The van der Waals surface area contributed by atoms with E-state index in [2.05, 4.69) is 24.7 Å². The van der Waals surface area contributed by atoms with E-state index in [4.69, 9.17) is 16.6 Å². The molecule has 0 bridgehead atoms. The maximum absolute atomic E-state index is 12.9. The topological polar surface area (TPSA) is 37.3 Å². The van der Waals surface area contributed by atoms with Crippen LogP contribution in [-0.4, -0.2) is 48.3 Å². The van der Waals surface area contributed by atoms with E-state index in [9.17, 15) is 17.6 Å². The van der Waals surface area contributed by atoms with E-state index >= 15 is 0 Å². The van der Waals surface area contributed by atoms with Gasteiger partial charge in [-0.25, -0.2) is 4.99 Å². The first-order valence-corrected chi connectivity index (χ1v) is 14.2. The van der Waals surface area contributed by atoms with Crippen molar-refractivity contribution in [3.63, 3.8) is 0 Å². The second kappa shape index (κ2) is 11.9. The number of hydrogen-bond donors (Lipinski definition) is 0. The van der Waals surface area contributed by atoms with Crippen LogP contribution in [0.4, 0.5) is 17.6 Å². The van der Waals surface area contributed by atoms with Crippen LogP contribution in [0.2, 0.25) is 5.02 Å². The lowest BCUT2D eigenvalue weighted by Crippen LogP contribution is -2.40. The SMILES string of the molecule is CN1CC2=C(N=C3SC=C(c4ccc(Cl)cc4)N3[C@@H]2c2ccc(OC(F)F)cc2)/C(=C/c2ccc(OC(F)F)cc2)C1. The molecule has 0 amide bonds. The molecular formula is C31H24ClF4N3O2S. The number of ether oxygens (including phenoxy) is 2. The number of alkyl halides is 4. The summed E-state index contributed by atoms with van der Waals surface area (Å²) in [6.07, 6.45) is 2.00. The van der Waals surface area contributed by atoms with Crippen molar-refractivity contribution < 1.29 is 27.0 Å². The summed E-state index contributed by atoms with van der Waals surface area (Å²) in [5.74, 6) is 0.168. The largest absolute Gasteiger partial charge is 0.435 e. The summed E-state index contributed by atoms with van der Waals surface area (Å²) >= 11 is 7.68. The summed E-state index contributed by atoms with van der Waals surface area (Å²) in [5, 5.41) is 3.47. The fourth-order valence-electron chi connectivity index (χ4n) is 5.33. The summed E-state index contributed by atoms with van der Waals surface area (Å²) in [4.78, 5) is 9.47. The minimum atomic E-state index is -2.91. The number of nitrogens with zero attached hydrogens (tertiary/aromatic N) is 3. The predicted molar refractivity (Wildman–Crippen MR) is 158 cm³/mol. The van der Waals surface area contributed by atoms with Crippen LogP contribution in [0.15, 0.2) is 100 Å². The molecule has 0 radical (unpaired) electrons. The highest BCUT2D eigenvalue weighted by Crippen LogP contribution is 2.49. The van der Waals surface area contributed by atoms with E-state index < -0.39 is 13.2 Å². The molecule has 1 atom stereocenters. The van der Waals surface area contributed by atoms with E-state index in [1.807, 2.05) is 37.4 Å². The normalized spacial score (nSPS) is 19.7. The van der Waals surface area contributed by atoms with Gasteiger partial charge in [0.1, 0.15) is 11.5 Å². The van der Waals surface area contributed by atoms with Crippen molar-refractivity contribution in [3.05, 3.63) is 117 Å². The van der Waals surface area contributed by atoms with Crippen molar-refractivity contribution in [2.45, 2.75) is 19.3 Å². The summed E-state index contributed by atoms with van der Waals surface area (Å²) in [6, 6.07) is 20.5. The van der Waals surface area contributed by atoms with Crippen LogP contribution >= 0.6 is 23.4 Å². The summed E-state index contributed by atoms with van der Waals surface area (Å²) in [7, 11) is 2.02. The smallest absolute Gasteiger partial charge is 0.387 e. The van der Waals surface area contributed by atoms with Gasteiger partial charge in [-0.1, -0.05) is 59.8 Å². The minimum Gasteiger partial charge on any atom is -0.435 e. The molecule has 11 heteroatoms. The van der Waals surface area contributed by atoms with Crippen LogP contribution in [0.3, 0.4) is 0 Å². The Labute approximate surface area is 249 Å². The lowest BCUT2D eigenvalue weighted by molar-refractivity contribution is -0.0505. The highest BCUT2D eigenvalue weighted by molar-refractivity contribution is 8.16. The van der Waals surface area contributed by atoms with Gasteiger partial charge < -0.3 is 14.4 Å². The monoisotopic (exact) mass is 613 g/mol. The van der Waals surface area contributed by atoms with E-state index in [1.54, 1.807) is 36.4 Å². The summed E-state index contributed by atoms with van der Waals surface area (Å²) < 4.78 is 60.0. The van der Waals surface area contributed by atoms with Crippen molar-refractivity contribution in [2.75, 3.05) is 20.1 Å². The highest BCUT2D eigenvalue weighted by Gasteiger charge is 2.41. The Balaban J connectivity index is 1.43. The first-order valence-electron chi connectivity index (χ1n) is 13.0. The molecular weight excluding hydrogens is 590 g/mol. The highest BCUT2D eigenvalue weighted by atomic mass is 35.5. The second-order valence-electron chi connectivity index (χ2n) is 9.91. The molecule has 3 heterocycles. The first-order chi connectivity index (χ1) is 20.2. The minimum absolute atomic E-state index is 0.0810. The molecule has 3 aliphatic heterocycles. The third-order valence-corrected chi connectivity index (χ3v) is 8.13. The number of likely N-dealkylation sites (N-methyl/N-ethyl adjacent to an activating group) is 1. The average Bonchev–Trinajstić information content (AvgIpc) is 3.37. The van der Waals surface area contributed by atoms with Gasteiger partial charge in [0, 0.05) is 23.5 Å². The lowest BCUT2D eigenvalue weighted by atomic mass is 9.88. The zero-order chi connectivity index (χ0) is 29.4. The van der Waals surface area contributed by atoms with E-state index in [0.717, 1.165) is 44.4 Å². The van der Waals surface area contributed by atoms with Crippen molar-refractivity contribution in [1.82, 2.24) is 9.80 Å². The van der Waals surface area contributed by atoms with Gasteiger partial charge in [-0.3, -0.25) is 4.90 Å². The Morgan fingerprint density at radius 3 is 2.12 bits per heavy atom. The Bertz CT molecular complexity index is 1590. The number of amidine groups is 1. The number of halogens is 5. The number of hydrogen-bond acceptors (Lipinski definition) is 6. The molecule has 216 valence electrons. The molecule has 0 saturated heterocycles. The molecule has 0 N–H and O–H groups in total. The number of rotatable bonds is 7. The van der Waals surface area contributed by atoms with Crippen LogP contribution in [0.5, 0.6) is 11.5 Å². The molecule has 0 saturated carbocycles. The Kier molecular flexibility index (Phi) is 8.02. The molecule has 0 aromatic heterocycles.